The Morgan fingerprint density at radius 3 is 2.82 bits per heavy atom. The molecule has 1 unspecified atom stereocenters. The highest BCUT2D eigenvalue weighted by Crippen LogP contribution is 2.18. The summed E-state index contributed by atoms with van der Waals surface area (Å²) in [4.78, 5) is 39.5. The van der Waals surface area contributed by atoms with Gasteiger partial charge in [-0.2, -0.15) is 5.10 Å². The molecule has 0 saturated carbocycles. The van der Waals surface area contributed by atoms with Crippen LogP contribution in [0.3, 0.4) is 0 Å². The van der Waals surface area contributed by atoms with Crippen LogP contribution < -0.4 is 10.6 Å². The summed E-state index contributed by atoms with van der Waals surface area (Å²) in [7, 11) is 0. The number of ether oxygens (including phenoxy) is 1. The van der Waals surface area contributed by atoms with E-state index in [1.54, 1.807) is 10.7 Å². The maximum absolute atomic E-state index is 13.1. The van der Waals surface area contributed by atoms with E-state index in [9.17, 15) is 14.4 Å². The van der Waals surface area contributed by atoms with Crippen LogP contribution in [0.4, 0.5) is 0 Å². The minimum atomic E-state index is -0.388. The molecule has 4 rings (SSSR count). The first-order valence-electron chi connectivity index (χ1n) is 11.6. The first-order chi connectivity index (χ1) is 16.0. The van der Waals surface area contributed by atoms with Crippen LogP contribution in [0.25, 0.3) is 0 Å². The zero-order chi connectivity index (χ0) is 23.2. The summed E-state index contributed by atoms with van der Waals surface area (Å²) in [6.07, 6.45) is 3.01. The molecule has 0 aliphatic carbocycles. The average Bonchev–Trinajstić information content (AvgIpc) is 3.45. The van der Waals surface area contributed by atoms with Gasteiger partial charge in [0.25, 0.3) is 11.8 Å². The quantitative estimate of drug-likeness (QED) is 0.632. The van der Waals surface area contributed by atoms with Gasteiger partial charge in [0.15, 0.2) is 5.69 Å². The van der Waals surface area contributed by atoms with Crippen LogP contribution in [-0.2, 0) is 22.6 Å². The van der Waals surface area contributed by atoms with E-state index < -0.39 is 0 Å². The summed E-state index contributed by atoms with van der Waals surface area (Å²) in [5.41, 5.74) is 2.86. The van der Waals surface area contributed by atoms with Crippen molar-refractivity contribution >= 4 is 17.7 Å². The Morgan fingerprint density at radius 1 is 1.18 bits per heavy atom. The Labute approximate surface area is 193 Å². The molecule has 0 radical (unpaired) electrons. The second-order valence-corrected chi connectivity index (χ2v) is 8.59. The molecule has 3 amide bonds. The van der Waals surface area contributed by atoms with Crippen molar-refractivity contribution in [2.45, 2.75) is 51.8 Å². The molecule has 1 aromatic heterocycles. The van der Waals surface area contributed by atoms with Crippen molar-refractivity contribution < 1.29 is 19.1 Å². The van der Waals surface area contributed by atoms with Crippen LogP contribution in [0.1, 0.15) is 57.8 Å². The van der Waals surface area contributed by atoms with E-state index >= 15 is 0 Å². The number of benzene rings is 1. The fourth-order valence-electron chi connectivity index (χ4n) is 4.19. The molecule has 0 spiro atoms. The van der Waals surface area contributed by atoms with Gasteiger partial charge in [0.2, 0.25) is 5.91 Å². The number of rotatable bonds is 8. The third-order valence-electron chi connectivity index (χ3n) is 6.13. The van der Waals surface area contributed by atoms with Gasteiger partial charge in [0.1, 0.15) is 5.69 Å². The van der Waals surface area contributed by atoms with E-state index in [0.29, 0.717) is 31.9 Å². The van der Waals surface area contributed by atoms with Gasteiger partial charge in [0.05, 0.1) is 6.10 Å². The van der Waals surface area contributed by atoms with Crippen molar-refractivity contribution in [3.8, 4) is 0 Å². The fourth-order valence-corrected chi connectivity index (χ4v) is 4.19. The molecule has 2 aliphatic rings. The molecule has 1 saturated heterocycles. The van der Waals surface area contributed by atoms with Crippen molar-refractivity contribution in [3.05, 3.63) is 52.8 Å². The zero-order valence-electron chi connectivity index (χ0n) is 19.0. The Bertz CT molecular complexity index is 1010. The molecule has 176 valence electrons. The van der Waals surface area contributed by atoms with Crippen LogP contribution in [0.2, 0.25) is 0 Å². The molecule has 33 heavy (non-hydrogen) atoms. The van der Waals surface area contributed by atoms with Gasteiger partial charge in [-0.3, -0.25) is 19.1 Å². The normalized spacial score (nSPS) is 18.0. The number of fused-ring (bicyclic) bond motifs is 1. The second kappa shape index (κ2) is 10.6. The monoisotopic (exact) mass is 453 g/mol. The predicted octanol–water partition coefficient (Wildman–Crippen LogP) is 1.65. The molecule has 9 heteroatoms. The lowest BCUT2D eigenvalue weighted by atomic mass is 10.1. The van der Waals surface area contributed by atoms with Gasteiger partial charge < -0.3 is 20.3 Å². The molecule has 3 heterocycles. The smallest absolute Gasteiger partial charge is 0.272 e. The van der Waals surface area contributed by atoms with Crippen molar-refractivity contribution in [2.24, 2.45) is 0 Å². The molecule has 1 aromatic carbocycles. The molecule has 2 aromatic rings. The molecule has 1 fully saturated rings. The van der Waals surface area contributed by atoms with Gasteiger partial charge in [-0.05, 0) is 37.3 Å². The van der Waals surface area contributed by atoms with Crippen LogP contribution in [0.15, 0.2) is 30.3 Å². The Morgan fingerprint density at radius 2 is 2.03 bits per heavy atom. The van der Waals surface area contributed by atoms with Gasteiger partial charge in [0, 0.05) is 51.8 Å². The van der Waals surface area contributed by atoms with Gasteiger partial charge >= 0.3 is 0 Å². The van der Waals surface area contributed by atoms with E-state index in [-0.39, 0.29) is 42.5 Å². The fraction of sp³-hybridized carbons (Fsp3) is 0.500. The minimum absolute atomic E-state index is 0.0902. The first kappa shape index (κ1) is 23.0. The number of aromatic nitrogens is 2. The highest BCUT2D eigenvalue weighted by molar-refractivity contribution is 5.98. The topological polar surface area (TPSA) is 106 Å². The average molecular weight is 454 g/mol. The summed E-state index contributed by atoms with van der Waals surface area (Å²) >= 11 is 0. The molecule has 2 aliphatic heterocycles. The van der Waals surface area contributed by atoms with Gasteiger partial charge in [-0.1, -0.05) is 24.3 Å². The lowest BCUT2D eigenvalue weighted by Crippen LogP contribution is -2.34. The van der Waals surface area contributed by atoms with Crippen LogP contribution in [0.5, 0.6) is 0 Å². The number of nitrogens with one attached hydrogen (secondary N) is 2. The van der Waals surface area contributed by atoms with Crippen LogP contribution >= 0.6 is 0 Å². The summed E-state index contributed by atoms with van der Waals surface area (Å²) in [6.45, 7) is 5.22. The second-order valence-electron chi connectivity index (χ2n) is 8.59. The summed E-state index contributed by atoms with van der Waals surface area (Å²) in [5, 5.41) is 9.90. The Kier molecular flexibility index (Phi) is 7.39. The lowest BCUT2D eigenvalue weighted by Gasteiger charge is -2.21. The number of nitrogens with zero attached hydrogens (tertiary/aromatic N) is 3. The van der Waals surface area contributed by atoms with Crippen LogP contribution in [0, 0.1) is 6.92 Å². The van der Waals surface area contributed by atoms with E-state index in [4.69, 9.17) is 4.74 Å². The predicted molar refractivity (Wildman–Crippen MR) is 122 cm³/mol. The standard InChI is InChI=1S/C24H31N5O4/c1-17-6-2-3-7-18(17)16-28-11-5-12-29-21(24(28)32)14-20(27-29)23(31)25-10-9-22(30)26-15-19-8-4-13-33-19/h2-3,6-7,14,19H,4-5,8-13,15-16H2,1H3,(H,25,31)(H,26,30). The summed E-state index contributed by atoms with van der Waals surface area (Å²) < 4.78 is 7.10. The van der Waals surface area contributed by atoms with Crippen molar-refractivity contribution in [1.29, 1.82) is 0 Å². The first-order valence-corrected chi connectivity index (χ1v) is 11.6. The number of carbonyl (C=O) groups excluding carboxylic acids is 3. The van der Waals surface area contributed by atoms with Crippen LogP contribution in [-0.4, -0.2) is 64.7 Å². The lowest BCUT2D eigenvalue weighted by molar-refractivity contribution is -0.121. The Balaban J connectivity index is 1.31. The molecule has 2 N–H and O–H groups in total. The number of carbonyl (C=O) groups is 3. The zero-order valence-corrected chi connectivity index (χ0v) is 19.0. The third kappa shape index (κ3) is 5.78. The molecular weight excluding hydrogens is 422 g/mol. The van der Waals surface area contributed by atoms with Crippen molar-refractivity contribution in [2.75, 3.05) is 26.2 Å². The van der Waals surface area contributed by atoms with Crippen molar-refractivity contribution in [3.63, 3.8) is 0 Å². The highest BCUT2D eigenvalue weighted by Gasteiger charge is 2.26. The van der Waals surface area contributed by atoms with Gasteiger partial charge in [-0.25, -0.2) is 0 Å². The van der Waals surface area contributed by atoms with E-state index in [1.165, 1.54) is 0 Å². The molecular formula is C24H31N5O4. The number of amides is 3. The highest BCUT2D eigenvalue weighted by atomic mass is 16.5. The third-order valence-corrected chi connectivity index (χ3v) is 6.13. The van der Waals surface area contributed by atoms with Crippen molar-refractivity contribution in [1.82, 2.24) is 25.3 Å². The maximum atomic E-state index is 13.1. The van der Waals surface area contributed by atoms with E-state index in [1.807, 2.05) is 36.1 Å². The summed E-state index contributed by atoms with van der Waals surface area (Å²) in [6, 6.07) is 9.57. The number of hydrogen-bond donors (Lipinski definition) is 2. The SMILES string of the molecule is Cc1ccccc1CN1CCCn2nc(C(=O)NCCC(=O)NCC3CCCO3)cc2C1=O. The largest absolute Gasteiger partial charge is 0.376 e. The number of aryl methyl sites for hydroxylation is 2. The number of hydrogen-bond acceptors (Lipinski definition) is 5. The maximum Gasteiger partial charge on any atom is 0.272 e. The molecule has 9 nitrogen and oxygen atoms in total. The molecule has 1 atom stereocenters. The minimum Gasteiger partial charge on any atom is -0.376 e. The van der Waals surface area contributed by atoms with Gasteiger partial charge in [-0.15, -0.1) is 0 Å². The van der Waals surface area contributed by atoms with E-state index in [0.717, 1.165) is 37.0 Å². The molecule has 0 bridgehead atoms. The summed E-state index contributed by atoms with van der Waals surface area (Å²) in [5.74, 6) is -0.648. The van der Waals surface area contributed by atoms with E-state index in [2.05, 4.69) is 15.7 Å². The Hall–Kier alpha value is -3.20.